The molecule has 0 N–H and O–H groups in total. The van der Waals surface area contributed by atoms with Crippen molar-refractivity contribution in [1.29, 1.82) is 0 Å². The molecule has 0 atom stereocenters. The lowest BCUT2D eigenvalue weighted by Crippen LogP contribution is -2.32. The Kier molecular flexibility index (Phi) is 9.41. The summed E-state index contributed by atoms with van der Waals surface area (Å²) < 4.78 is 0. The van der Waals surface area contributed by atoms with Gasteiger partial charge in [-0.3, -0.25) is 0 Å². The molecule has 1 nitrogen and oxygen atoms in total. The maximum Gasteiger partial charge on any atom is 0.0724 e. The Bertz CT molecular complexity index is 4150. The first-order chi connectivity index (χ1) is 40.2. The Morgan fingerprint density at radius 3 is 0.585 bits per heavy atom. The Morgan fingerprint density at radius 2 is 0.390 bits per heavy atom. The van der Waals surface area contributed by atoms with Gasteiger partial charge in [-0.2, -0.15) is 0 Å². The third-order valence-electron chi connectivity index (χ3n) is 19.3. The molecule has 0 unspecified atom stereocenters. The zero-order chi connectivity index (χ0) is 54.7. The zero-order valence-corrected chi connectivity index (χ0v) is 49.1. The first-order valence-corrected chi connectivity index (χ1v) is 33.7. The molecule has 0 bridgehead atoms. The molecule has 0 saturated heterocycles. The van der Waals surface area contributed by atoms with Crippen LogP contribution in [0.25, 0.3) is 66.8 Å². The Morgan fingerprint density at radius 1 is 0.207 bits per heavy atom. The van der Waals surface area contributed by atoms with Crippen molar-refractivity contribution in [3.8, 4) is 66.8 Å². The predicted molar refractivity (Wildman–Crippen MR) is 343 cm³/mol. The van der Waals surface area contributed by atoms with Gasteiger partial charge >= 0.3 is 0 Å². The molecule has 0 aromatic heterocycles. The van der Waals surface area contributed by atoms with E-state index in [1.807, 2.05) is 0 Å². The Labute approximate surface area is 485 Å². The molecule has 6 aliphatic rings. The number of rotatable bonds is 3. The minimum Gasteiger partial charge on any atom is -0.304 e. The van der Waals surface area contributed by atoms with Crippen molar-refractivity contribution in [2.24, 2.45) is 0 Å². The van der Waals surface area contributed by atoms with Crippen LogP contribution in [0.1, 0.15) is 33.4 Å². The summed E-state index contributed by atoms with van der Waals surface area (Å²) in [7, 11) is -6.96. The lowest BCUT2D eigenvalue weighted by molar-refractivity contribution is 0.983. The van der Waals surface area contributed by atoms with E-state index in [1.54, 1.807) is 0 Å². The van der Waals surface area contributed by atoms with Crippen LogP contribution in [0.15, 0.2) is 295 Å². The molecule has 0 fully saturated rings. The molecule has 12 aromatic carbocycles. The first kappa shape index (κ1) is 47.2. The van der Waals surface area contributed by atoms with Crippen LogP contribution in [0, 0.1) is 41.5 Å². The summed E-state index contributed by atoms with van der Waals surface area (Å²) in [5, 5.41) is 0. The van der Waals surface area contributed by atoms with Crippen molar-refractivity contribution in [1.82, 2.24) is 0 Å². The van der Waals surface area contributed by atoms with E-state index in [0.29, 0.717) is 0 Å². The average Bonchev–Trinajstić information content (AvgIpc) is 1.31. The van der Waals surface area contributed by atoms with Gasteiger partial charge in [-0.05, 0) is 214 Å². The standard InChI is InChI=1S/C78H57NS3/c1-46-22-19-23-47(2)73(46)52-40-67-76-68(41-52)81(63-36-15-9-30-57(63)58-31-10-16-37-64(58)81)70-43-54(75-50(5)26-21-27-51(75)6)45-72-78(70)79(76)77-69(80(67)61-34-13-7-28-55(61)56-29-8-14-35-62(56)80)42-53(74-48(3)24-20-25-49(74)4)44-71(77)82(72)65-38-17-11-32-59(65)60-33-12-18-39-66(60)82/h7-45H,1-6H3. The van der Waals surface area contributed by atoms with Gasteiger partial charge in [0.2, 0.25) is 0 Å². The monoisotopic (exact) mass is 1100 g/mol. The fraction of sp³-hybridized carbons (Fsp3) is 0.0769. The van der Waals surface area contributed by atoms with Crippen molar-refractivity contribution < 1.29 is 0 Å². The van der Waals surface area contributed by atoms with Gasteiger partial charge in [0.05, 0.1) is 17.1 Å². The number of benzene rings is 12. The van der Waals surface area contributed by atoms with Crippen LogP contribution in [0.4, 0.5) is 17.1 Å². The fourth-order valence-electron chi connectivity index (χ4n) is 16.3. The number of nitrogens with zero attached hydrogens (tertiary/aromatic N) is 1. The van der Waals surface area contributed by atoms with Gasteiger partial charge in [0.25, 0.3) is 0 Å². The largest absolute Gasteiger partial charge is 0.304 e. The summed E-state index contributed by atoms with van der Waals surface area (Å²) in [5.74, 6) is 0. The van der Waals surface area contributed by atoms with Gasteiger partial charge in [0.15, 0.2) is 0 Å². The highest BCUT2D eigenvalue weighted by atomic mass is 32.3. The molecular formula is C78H57NS3. The molecule has 0 amide bonds. The maximum atomic E-state index is 2.92. The molecule has 18 rings (SSSR count). The van der Waals surface area contributed by atoms with Crippen molar-refractivity contribution in [2.75, 3.05) is 4.90 Å². The summed E-state index contributed by atoms with van der Waals surface area (Å²) in [6.07, 6.45) is 0. The minimum absolute atomic E-state index is 1.30. The van der Waals surface area contributed by atoms with Crippen LogP contribution in [0.2, 0.25) is 0 Å². The van der Waals surface area contributed by atoms with Crippen LogP contribution in [0.5, 0.6) is 0 Å². The topological polar surface area (TPSA) is 3.24 Å². The number of hydrogen-bond donors (Lipinski definition) is 0. The van der Waals surface area contributed by atoms with Crippen LogP contribution in [-0.4, -0.2) is 0 Å². The maximum absolute atomic E-state index is 2.92. The first-order valence-electron chi connectivity index (χ1n) is 28.8. The summed E-state index contributed by atoms with van der Waals surface area (Å²) >= 11 is 0. The molecule has 6 heterocycles. The normalized spacial score (nSPS) is 16.4. The van der Waals surface area contributed by atoms with Crippen molar-refractivity contribution in [2.45, 2.75) is 100 Å². The second-order valence-electron chi connectivity index (χ2n) is 23.4. The second kappa shape index (κ2) is 16.4. The minimum atomic E-state index is -2.32. The highest BCUT2D eigenvalue weighted by Crippen LogP contribution is 2.96. The summed E-state index contributed by atoms with van der Waals surface area (Å²) in [5.41, 5.74) is 27.9. The molecule has 4 heteroatoms. The van der Waals surface area contributed by atoms with Crippen molar-refractivity contribution in [3.63, 3.8) is 0 Å². The average molecular weight is 1100 g/mol. The molecule has 82 heavy (non-hydrogen) atoms. The van der Waals surface area contributed by atoms with Crippen molar-refractivity contribution in [3.05, 3.63) is 270 Å². The van der Waals surface area contributed by atoms with E-state index in [-0.39, 0.29) is 0 Å². The Hall–Kier alpha value is -8.51. The molecule has 0 saturated carbocycles. The quantitative estimate of drug-likeness (QED) is 0.170. The third-order valence-corrected chi connectivity index (χ3v) is 31.2. The molecular weight excluding hydrogens is 1050 g/mol. The fourth-order valence-corrected chi connectivity index (χ4v) is 30.2. The van der Waals surface area contributed by atoms with E-state index in [1.165, 1.54) is 176 Å². The molecule has 12 aromatic rings. The number of hydrogen-bond acceptors (Lipinski definition) is 1. The van der Waals surface area contributed by atoms with E-state index < -0.39 is 30.1 Å². The van der Waals surface area contributed by atoms with Crippen molar-refractivity contribution >= 4 is 47.1 Å². The lowest BCUT2D eigenvalue weighted by Gasteiger charge is -2.60. The highest BCUT2D eigenvalue weighted by molar-refractivity contribution is 8.36. The van der Waals surface area contributed by atoms with Gasteiger partial charge in [-0.1, -0.05) is 164 Å². The molecule has 0 radical (unpaired) electrons. The Balaban J connectivity index is 1.17. The molecule has 3 spiro atoms. The van der Waals surface area contributed by atoms with E-state index in [2.05, 4.69) is 283 Å². The second-order valence-corrected chi connectivity index (χ2v) is 32.4. The predicted octanol–water partition coefficient (Wildman–Crippen LogP) is 22.9. The van der Waals surface area contributed by atoms with Crippen LogP contribution < -0.4 is 4.90 Å². The zero-order valence-electron chi connectivity index (χ0n) is 46.7. The van der Waals surface area contributed by atoms with Gasteiger partial charge in [-0.25, -0.2) is 0 Å². The molecule has 0 aliphatic carbocycles. The summed E-state index contributed by atoms with van der Waals surface area (Å²) in [6.45, 7) is 14.0. The van der Waals surface area contributed by atoms with E-state index in [9.17, 15) is 0 Å². The van der Waals surface area contributed by atoms with Crippen LogP contribution >= 0.6 is 30.1 Å². The highest BCUT2D eigenvalue weighted by Gasteiger charge is 2.61. The van der Waals surface area contributed by atoms with Crippen LogP contribution in [-0.2, 0) is 0 Å². The lowest BCUT2D eigenvalue weighted by atomic mass is 9.94. The molecule has 6 aliphatic heterocycles. The van der Waals surface area contributed by atoms with E-state index >= 15 is 0 Å². The van der Waals surface area contributed by atoms with E-state index in [4.69, 9.17) is 0 Å². The third kappa shape index (κ3) is 5.44. The van der Waals surface area contributed by atoms with E-state index in [0.717, 1.165) is 0 Å². The SMILES string of the molecule is Cc1cccc(C)c1-c1cc2c3c(c1)S1(c4ccccc4-c4ccccc41)c1cc(-c4c(C)cccc4C)cc4c1N3c1c(cc(-c3c(C)cccc3C)cc1S41c3ccccc3-c3ccccc31)S21c2ccccc2-c2ccccc21. The number of anilines is 3. The van der Waals surface area contributed by atoms with Gasteiger partial charge in [0, 0.05) is 58.7 Å². The summed E-state index contributed by atoms with van der Waals surface area (Å²) in [6, 6.07) is 94.6. The smallest absolute Gasteiger partial charge is 0.0724 e. The van der Waals surface area contributed by atoms with Gasteiger partial charge in [0.1, 0.15) is 0 Å². The summed E-state index contributed by atoms with van der Waals surface area (Å²) in [4.78, 5) is 20.2. The number of aryl methyl sites for hydroxylation is 6. The van der Waals surface area contributed by atoms with Gasteiger partial charge < -0.3 is 4.90 Å². The number of fused-ring (bicyclic) bond motifs is 21. The van der Waals surface area contributed by atoms with Gasteiger partial charge in [-0.15, -0.1) is 30.1 Å². The van der Waals surface area contributed by atoms with Crippen LogP contribution in [0.3, 0.4) is 0 Å². The molecule has 392 valence electrons.